The number of ether oxygens (including phenoxy) is 1. The lowest BCUT2D eigenvalue weighted by Crippen LogP contribution is -2.36. The Hall–Kier alpha value is -1.65. The van der Waals surface area contributed by atoms with Crippen molar-refractivity contribution >= 4 is 0 Å². The number of rotatable bonds is 4. The van der Waals surface area contributed by atoms with E-state index in [1.165, 1.54) is 16.8 Å². The van der Waals surface area contributed by atoms with E-state index in [1.54, 1.807) is 0 Å². The smallest absolute Gasteiger partial charge is 0.0982 e. The summed E-state index contributed by atoms with van der Waals surface area (Å²) in [6, 6.07) is 10.6. The highest BCUT2D eigenvalue weighted by atomic mass is 16.5. The lowest BCUT2D eigenvalue weighted by atomic mass is 9.91. The van der Waals surface area contributed by atoms with Gasteiger partial charge < -0.3 is 10.5 Å². The van der Waals surface area contributed by atoms with Crippen LogP contribution in [0.3, 0.4) is 0 Å². The van der Waals surface area contributed by atoms with Gasteiger partial charge in [0, 0.05) is 25.2 Å². The van der Waals surface area contributed by atoms with Crippen LogP contribution in [0.1, 0.15) is 35.5 Å². The lowest BCUT2D eigenvalue weighted by molar-refractivity contribution is 0.0242. The van der Waals surface area contributed by atoms with Crippen LogP contribution in [-0.2, 0) is 31.0 Å². The maximum absolute atomic E-state index is 6.45. The number of hydrogen-bond acceptors (Lipinski definition) is 3. The van der Waals surface area contributed by atoms with Crippen molar-refractivity contribution in [2.45, 2.75) is 38.3 Å². The molecule has 1 aliphatic rings. The van der Waals surface area contributed by atoms with E-state index in [-0.39, 0.29) is 12.1 Å². The van der Waals surface area contributed by atoms with E-state index in [0.29, 0.717) is 0 Å². The summed E-state index contributed by atoms with van der Waals surface area (Å²) in [5.41, 5.74) is 11.3. The molecular formula is C17H23N3O. The normalized spacial score (nSPS) is 19.3. The van der Waals surface area contributed by atoms with Crippen LogP contribution in [0.2, 0.25) is 0 Å². The van der Waals surface area contributed by atoms with Gasteiger partial charge in [0.05, 0.1) is 18.4 Å². The van der Waals surface area contributed by atoms with Gasteiger partial charge in [-0.3, -0.25) is 4.68 Å². The van der Waals surface area contributed by atoms with Gasteiger partial charge in [-0.25, -0.2) is 0 Å². The predicted octanol–water partition coefficient (Wildman–Crippen LogP) is 2.17. The summed E-state index contributed by atoms with van der Waals surface area (Å²) in [6.07, 6.45) is 2.69. The van der Waals surface area contributed by atoms with Crippen LogP contribution < -0.4 is 5.73 Å². The Balaban J connectivity index is 1.80. The molecule has 2 heterocycles. The molecule has 0 fully saturated rings. The van der Waals surface area contributed by atoms with Gasteiger partial charge in [0.15, 0.2) is 0 Å². The molecule has 2 aromatic rings. The predicted molar refractivity (Wildman–Crippen MR) is 83.1 cm³/mol. The number of nitrogens with zero attached hydrogens (tertiary/aromatic N) is 2. The molecule has 4 nitrogen and oxygen atoms in total. The van der Waals surface area contributed by atoms with Gasteiger partial charge >= 0.3 is 0 Å². The summed E-state index contributed by atoms with van der Waals surface area (Å²) >= 11 is 0. The zero-order chi connectivity index (χ0) is 14.8. The van der Waals surface area contributed by atoms with Crippen LogP contribution in [0.25, 0.3) is 0 Å². The first kappa shape index (κ1) is 14.3. The first-order chi connectivity index (χ1) is 10.2. The zero-order valence-corrected chi connectivity index (χ0v) is 12.7. The minimum atomic E-state index is -0.0495. The second kappa shape index (κ2) is 6.00. The molecule has 2 atom stereocenters. The van der Waals surface area contributed by atoms with Crippen LogP contribution in [0.5, 0.6) is 0 Å². The molecule has 4 heteroatoms. The quantitative estimate of drug-likeness (QED) is 0.936. The fourth-order valence-electron chi connectivity index (χ4n) is 3.06. The third-order valence-corrected chi connectivity index (χ3v) is 4.25. The Bertz CT molecular complexity index is 620. The van der Waals surface area contributed by atoms with Crippen LogP contribution in [0.4, 0.5) is 0 Å². The maximum Gasteiger partial charge on any atom is 0.0982 e. The zero-order valence-electron chi connectivity index (χ0n) is 12.7. The average Bonchev–Trinajstić information content (AvgIpc) is 2.87. The summed E-state index contributed by atoms with van der Waals surface area (Å²) in [5.74, 6) is 0. The van der Waals surface area contributed by atoms with Crippen molar-refractivity contribution < 1.29 is 4.74 Å². The third-order valence-electron chi connectivity index (χ3n) is 4.25. The summed E-state index contributed by atoms with van der Waals surface area (Å²) in [7, 11) is 1.98. The Morgan fingerprint density at radius 1 is 1.43 bits per heavy atom. The topological polar surface area (TPSA) is 53.1 Å². The van der Waals surface area contributed by atoms with Crippen LogP contribution in [0, 0.1) is 0 Å². The molecule has 0 amide bonds. The van der Waals surface area contributed by atoms with E-state index in [1.807, 2.05) is 11.7 Å². The van der Waals surface area contributed by atoms with Gasteiger partial charge in [-0.1, -0.05) is 31.2 Å². The van der Waals surface area contributed by atoms with Gasteiger partial charge in [-0.15, -0.1) is 0 Å². The van der Waals surface area contributed by atoms with Crippen molar-refractivity contribution in [1.29, 1.82) is 0 Å². The molecule has 112 valence electrons. The van der Waals surface area contributed by atoms with Crippen LogP contribution in [0.15, 0.2) is 30.3 Å². The average molecular weight is 285 g/mol. The highest BCUT2D eigenvalue weighted by molar-refractivity contribution is 5.32. The van der Waals surface area contributed by atoms with E-state index in [0.717, 1.165) is 31.6 Å². The molecule has 2 unspecified atom stereocenters. The number of fused-ring (bicyclic) bond motifs is 1. The van der Waals surface area contributed by atoms with Crippen LogP contribution in [-0.4, -0.2) is 22.4 Å². The first-order valence-corrected chi connectivity index (χ1v) is 7.65. The van der Waals surface area contributed by atoms with Gasteiger partial charge in [0.2, 0.25) is 0 Å². The highest BCUT2D eigenvalue weighted by Crippen LogP contribution is 2.30. The van der Waals surface area contributed by atoms with Crippen LogP contribution >= 0.6 is 0 Å². The molecule has 0 saturated heterocycles. The number of hydrogen-bond donors (Lipinski definition) is 1. The summed E-state index contributed by atoms with van der Waals surface area (Å²) in [6.45, 7) is 2.87. The molecular weight excluding hydrogens is 262 g/mol. The molecule has 3 rings (SSSR count). The summed E-state index contributed by atoms with van der Waals surface area (Å²) in [4.78, 5) is 0. The third kappa shape index (κ3) is 2.87. The molecule has 1 aliphatic heterocycles. The second-order valence-electron chi connectivity index (χ2n) is 5.71. The molecule has 0 aliphatic carbocycles. The van der Waals surface area contributed by atoms with Gasteiger partial charge in [0.1, 0.15) is 0 Å². The van der Waals surface area contributed by atoms with Crippen molar-refractivity contribution in [2.75, 3.05) is 6.61 Å². The highest BCUT2D eigenvalue weighted by Gasteiger charge is 2.27. The second-order valence-corrected chi connectivity index (χ2v) is 5.71. The van der Waals surface area contributed by atoms with Crippen molar-refractivity contribution in [2.24, 2.45) is 12.8 Å². The fourth-order valence-corrected chi connectivity index (χ4v) is 3.06. The Morgan fingerprint density at radius 2 is 2.24 bits per heavy atom. The van der Waals surface area contributed by atoms with Crippen molar-refractivity contribution in [3.63, 3.8) is 0 Å². The largest absolute Gasteiger partial charge is 0.372 e. The Morgan fingerprint density at radius 3 is 3.00 bits per heavy atom. The molecule has 0 bridgehead atoms. The maximum atomic E-state index is 6.45. The van der Waals surface area contributed by atoms with Crippen molar-refractivity contribution in [3.05, 3.63) is 52.8 Å². The van der Waals surface area contributed by atoms with Gasteiger partial charge in [-0.05, 0) is 30.0 Å². The molecule has 0 saturated carbocycles. The summed E-state index contributed by atoms with van der Waals surface area (Å²) in [5, 5.41) is 4.49. The SMILES string of the molecule is CCc1cc(CC(N)C2OCCc3ccccc32)n(C)n1. The fraction of sp³-hybridized carbons (Fsp3) is 0.471. The number of nitrogens with two attached hydrogens (primary N) is 1. The Kier molecular flexibility index (Phi) is 4.08. The van der Waals surface area contributed by atoms with E-state index in [2.05, 4.69) is 42.4 Å². The van der Waals surface area contributed by atoms with E-state index in [9.17, 15) is 0 Å². The Labute approximate surface area is 125 Å². The van der Waals surface area contributed by atoms with E-state index >= 15 is 0 Å². The monoisotopic (exact) mass is 285 g/mol. The minimum Gasteiger partial charge on any atom is -0.372 e. The van der Waals surface area contributed by atoms with E-state index in [4.69, 9.17) is 10.5 Å². The molecule has 1 aromatic carbocycles. The van der Waals surface area contributed by atoms with Gasteiger partial charge in [0.25, 0.3) is 0 Å². The van der Waals surface area contributed by atoms with Crippen molar-refractivity contribution in [3.8, 4) is 0 Å². The molecule has 2 N–H and O–H groups in total. The number of benzene rings is 1. The minimum absolute atomic E-state index is 0.0186. The standard InChI is InChI=1S/C17H23N3O/c1-3-13-10-14(20(2)19-13)11-16(18)17-15-7-5-4-6-12(15)8-9-21-17/h4-7,10,16-17H,3,8-9,11,18H2,1-2H3. The first-order valence-electron chi connectivity index (χ1n) is 7.65. The lowest BCUT2D eigenvalue weighted by Gasteiger charge is -2.30. The molecule has 21 heavy (non-hydrogen) atoms. The van der Waals surface area contributed by atoms with Gasteiger partial charge in [-0.2, -0.15) is 5.10 Å². The van der Waals surface area contributed by atoms with E-state index < -0.39 is 0 Å². The molecule has 1 aromatic heterocycles. The number of aryl methyl sites for hydroxylation is 2. The number of aromatic nitrogens is 2. The van der Waals surface area contributed by atoms with Crippen molar-refractivity contribution in [1.82, 2.24) is 9.78 Å². The summed E-state index contributed by atoms with van der Waals surface area (Å²) < 4.78 is 7.89. The molecule has 0 radical (unpaired) electrons. The molecule has 0 spiro atoms.